The molecule has 2 N–H and O–H groups in total. The average molecular weight is 308 g/mol. The van der Waals surface area contributed by atoms with Gasteiger partial charge in [-0.25, -0.2) is 4.79 Å². The number of anilines is 1. The maximum atomic E-state index is 12.5. The van der Waals surface area contributed by atoms with E-state index < -0.39 is 34.9 Å². The molecule has 0 atom stereocenters. The number of aliphatic carboxylic acids is 1. The molecule has 0 aromatic heterocycles. The van der Waals surface area contributed by atoms with Gasteiger partial charge in [-0.05, 0) is 12.1 Å². The van der Waals surface area contributed by atoms with E-state index in [1.165, 1.54) is 0 Å². The molecule has 0 saturated heterocycles. The van der Waals surface area contributed by atoms with Crippen molar-refractivity contribution in [2.45, 2.75) is 6.18 Å². The van der Waals surface area contributed by atoms with E-state index in [1.54, 1.807) is 0 Å². The standard InChI is InChI=1S/C11H11F3N2O5/c12-11(13,14)7-1-2-8(9(5-7)16(19)20)15-3-4-21-6-10(17)18/h1-2,5,15H,3-4,6H2,(H,17,18). The van der Waals surface area contributed by atoms with Gasteiger partial charge in [0.2, 0.25) is 0 Å². The SMILES string of the molecule is O=C(O)COCCNc1ccc(C(F)(F)F)cc1[N+](=O)[O-]. The van der Waals surface area contributed by atoms with Crippen molar-refractivity contribution in [3.05, 3.63) is 33.9 Å². The van der Waals surface area contributed by atoms with Gasteiger partial charge in [-0.3, -0.25) is 10.1 Å². The number of rotatable bonds is 7. The number of alkyl halides is 3. The number of ether oxygens (including phenoxy) is 1. The number of nitro groups is 1. The third-order valence-electron chi connectivity index (χ3n) is 2.31. The summed E-state index contributed by atoms with van der Waals surface area (Å²) in [4.78, 5) is 20.0. The number of carbonyl (C=O) groups is 1. The smallest absolute Gasteiger partial charge is 0.416 e. The Labute approximate surface area is 116 Å². The van der Waals surface area contributed by atoms with Crippen LogP contribution in [0.2, 0.25) is 0 Å². The zero-order chi connectivity index (χ0) is 16.0. The Kier molecular flexibility index (Phi) is 5.47. The van der Waals surface area contributed by atoms with Crippen LogP contribution < -0.4 is 5.32 Å². The first-order valence-corrected chi connectivity index (χ1v) is 5.61. The van der Waals surface area contributed by atoms with E-state index in [2.05, 4.69) is 10.1 Å². The number of hydrogen-bond donors (Lipinski definition) is 2. The van der Waals surface area contributed by atoms with Crippen molar-refractivity contribution in [2.24, 2.45) is 0 Å². The molecule has 0 heterocycles. The molecule has 0 fully saturated rings. The van der Waals surface area contributed by atoms with Crippen LogP contribution in [-0.4, -0.2) is 35.8 Å². The lowest BCUT2D eigenvalue weighted by Crippen LogP contribution is -2.15. The minimum absolute atomic E-state index is 0.0134. The lowest BCUT2D eigenvalue weighted by Gasteiger charge is -2.10. The summed E-state index contributed by atoms with van der Waals surface area (Å²) in [6.45, 7) is -0.583. The number of carboxylic acid groups (broad SMARTS) is 1. The van der Waals surface area contributed by atoms with Crippen LogP contribution in [0.25, 0.3) is 0 Å². The molecule has 1 rings (SSSR count). The van der Waals surface area contributed by atoms with Gasteiger partial charge >= 0.3 is 12.1 Å². The molecule has 0 saturated carbocycles. The fourth-order valence-electron chi connectivity index (χ4n) is 1.43. The molecular weight excluding hydrogens is 297 g/mol. The van der Waals surface area contributed by atoms with Gasteiger partial charge in [-0.1, -0.05) is 0 Å². The van der Waals surface area contributed by atoms with E-state index in [0.717, 1.165) is 6.07 Å². The summed E-state index contributed by atoms with van der Waals surface area (Å²) in [6.07, 6.45) is -4.67. The molecule has 21 heavy (non-hydrogen) atoms. The fraction of sp³-hybridized carbons (Fsp3) is 0.364. The largest absolute Gasteiger partial charge is 0.480 e. The Hall–Kier alpha value is -2.36. The van der Waals surface area contributed by atoms with Crippen molar-refractivity contribution >= 4 is 17.3 Å². The molecule has 0 unspecified atom stereocenters. The summed E-state index contributed by atoms with van der Waals surface area (Å²) in [5, 5.41) is 21.6. The molecule has 0 aliphatic carbocycles. The number of hydrogen-bond acceptors (Lipinski definition) is 5. The minimum Gasteiger partial charge on any atom is -0.480 e. The second kappa shape index (κ2) is 6.88. The summed E-state index contributed by atoms with van der Waals surface area (Å²) >= 11 is 0. The van der Waals surface area contributed by atoms with Crippen LogP contribution in [-0.2, 0) is 15.7 Å². The predicted octanol–water partition coefficient (Wildman–Crippen LogP) is 2.13. The highest BCUT2D eigenvalue weighted by Crippen LogP contribution is 2.34. The van der Waals surface area contributed by atoms with Gasteiger partial charge in [0.1, 0.15) is 12.3 Å². The van der Waals surface area contributed by atoms with Crippen molar-refractivity contribution in [3.8, 4) is 0 Å². The summed E-state index contributed by atoms with van der Waals surface area (Å²) in [6, 6.07) is 2.09. The number of benzene rings is 1. The Morgan fingerprint density at radius 2 is 2.10 bits per heavy atom. The molecule has 10 heteroatoms. The molecule has 0 radical (unpaired) electrons. The third kappa shape index (κ3) is 5.26. The molecule has 1 aromatic carbocycles. The second-order valence-corrected chi connectivity index (χ2v) is 3.86. The zero-order valence-electron chi connectivity index (χ0n) is 10.5. The van der Waals surface area contributed by atoms with Crippen LogP contribution in [0.1, 0.15) is 5.56 Å². The maximum absolute atomic E-state index is 12.5. The molecule has 0 spiro atoms. The van der Waals surface area contributed by atoms with E-state index >= 15 is 0 Å². The van der Waals surface area contributed by atoms with E-state index in [4.69, 9.17) is 5.11 Å². The van der Waals surface area contributed by atoms with Crippen LogP contribution >= 0.6 is 0 Å². The first kappa shape index (κ1) is 16.7. The molecule has 0 aliphatic heterocycles. The van der Waals surface area contributed by atoms with Crippen molar-refractivity contribution < 1.29 is 32.7 Å². The fourth-order valence-corrected chi connectivity index (χ4v) is 1.43. The Bertz CT molecular complexity index is 533. The average Bonchev–Trinajstić information content (AvgIpc) is 2.36. The normalized spacial score (nSPS) is 11.2. The highest BCUT2D eigenvalue weighted by molar-refractivity contribution is 5.68. The van der Waals surface area contributed by atoms with Gasteiger partial charge < -0.3 is 15.2 Å². The van der Waals surface area contributed by atoms with Crippen molar-refractivity contribution in [1.82, 2.24) is 0 Å². The summed E-state index contributed by atoms with van der Waals surface area (Å²) in [7, 11) is 0. The van der Waals surface area contributed by atoms with Crippen LogP contribution in [0.5, 0.6) is 0 Å². The van der Waals surface area contributed by atoms with Gasteiger partial charge in [0.15, 0.2) is 0 Å². The number of carboxylic acids is 1. The lowest BCUT2D eigenvalue weighted by molar-refractivity contribution is -0.384. The topological polar surface area (TPSA) is 102 Å². The number of nitro benzene ring substituents is 1. The molecule has 1 aromatic rings. The Morgan fingerprint density at radius 1 is 1.43 bits per heavy atom. The van der Waals surface area contributed by atoms with Crippen LogP contribution in [0.4, 0.5) is 24.5 Å². The summed E-state index contributed by atoms with van der Waals surface area (Å²) in [5.41, 5.74) is -1.95. The third-order valence-corrected chi connectivity index (χ3v) is 2.31. The summed E-state index contributed by atoms with van der Waals surface area (Å²) < 4.78 is 42.1. The first-order chi connectivity index (χ1) is 9.71. The quantitative estimate of drug-likeness (QED) is 0.454. The van der Waals surface area contributed by atoms with Crippen molar-refractivity contribution in [2.75, 3.05) is 25.1 Å². The van der Waals surface area contributed by atoms with Gasteiger partial charge in [-0.15, -0.1) is 0 Å². The first-order valence-electron chi connectivity index (χ1n) is 5.61. The number of nitrogens with one attached hydrogen (secondary N) is 1. The van der Waals surface area contributed by atoms with E-state index in [1.807, 2.05) is 0 Å². The second-order valence-electron chi connectivity index (χ2n) is 3.86. The molecule has 0 bridgehead atoms. The van der Waals surface area contributed by atoms with Crippen LogP contribution in [0.3, 0.4) is 0 Å². The van der Waals surface area contributed by atoms with Gasteiger partial charge in [0.05, 0.1) is 17.1 Å². The Morgan fingerprint density at radius 3 is 2.62 bits per heavy atom. The Balaban J connectivity index is 2.74. The monoisotopic (exact) mass is 308 g/mol. The van der Waals surface area contributed by atoms with Gasteiger partial charge in [-0.2, -0.15) is 13.2 Å². The van der Waals surface area contributed by atoms with Gasteiger partial charge in [0.25, 0.3) is 5.69 Å². The zero-order valence-corrected chi connectivity index (χ0v) is 10.5. The summed E-state index contributed by atoms with van der Waals surface area (Å²) in [5.74, 6) is -1.17. The number of halogens is 3. The molecular formula is C11H11F3N2O5. The molecule has 7 nitrogen and oxygen atoms in total. The van der Waals surface area contributed by atoms with Gasteiger partial charge in [0, 0.05) is 12.6 Å². The van der Waals surface area contributed by atoms with E-state index in [9.17, 15) is 28.1 Å². The predicted molar refractivity (Wildman–Crippen MR) is 65.0 cm³/mol. The van der Waals surface area contributed by atoms with Crippen molar-refractivity contribution in [3.63, 3.8) is 0 Å². The van der Waals surface area contributed by atoms with Crippen LogP contribution in [0.15, 0.2) is 18.2 Å². The van der Waals surface area contributed by atoms with E-state index in [0.29, 0.717) is 12.1 Å². The molecule has 0 aliphatic rings. The lowest BCUT2D eigenvalue weighted by atomic mass is 10.1. The van der Waals surface area contributed by atoms with E-state index in [-0.39, 0.29) is 18.8 Å². The molecule has 116 valence electrons. The highest BCUT2D eigenvalue weighted by atomic mass is 19.4. The molecule has 0 amide bonds. The minimum atomic E-state index is -4.67. The number of nitrogens with zero attached hydrogens (tertiary/aromatic N) is 1. The van der Waals surface area contributed by atoms with Crippen molar-refractivity contribution in [1.29, 1.82) is 0 Å². The highest BCUT2D eigenvalue weighted by Gasteiger charge is 2.32. The maximum Gasteiger partial charge on any atom is 0.416 e. The van der Waals surface area contributed by atoms with Crippen LogP contribution in [0, 0.1) is 10.1 Å².